The van der Waals surface area contributed by atoms with Gasteiger partial charge in [0.05, 0.1) is 18.9 Å². The van der Waals surface area contributed by atoms with E-state index in [9.17, 15) is 28.8 Å². The molecule has 0 rings (SSSR count). The van der Waals surface area contributed by atoms with Gasteiger partial charge >= 0.3 is 11.9 Å². The molecule has 0 aromatic rings. The molecule has 13 nitrogen and oxygen atoms in total. The number of amides is 4. The molecule has 0 aromatic carbocycles. The highest BCUT2D eigenvalue weighted by molar-refractivity contribution is 7.98. The molecule has 4 amide bonds. The van der Waals surface area contributed by atoms with Gasteiger partial charge in [-0.15, -0.1) is 0 Å². The first-order valence-corrected chi connectivity index (χ1v) is 11.1. The van der Waals surface area contributed by atoms with E-state index < -0.39 is 78.5 Å². The number of hydrogen-bond donors (Lipinski definition) is 7. The molecule has 0 saturated carbocycles. The molecule has 0 fully saturated rings. The van der Waals surface area contributed by atoms with Gasteiger partial charge in [-0.05, 0) is 24.3 Å². The lowest BCUT2D eigenvalue weighted by atomic mass is 10.0. The SMILES string of the molecule is CSCCC(NC(=O)C(N)CC(=O)O)C(=O)NC(C(=O)NC(CC(N)=O)C(=O)O)C(C)C. The van der Waals surface area contributed by atoms with Crippen molar-refractivity contribution in [3.63, 3.8) is 0 Å². The van der Waals surface area contributed by atoms with Gasteiger partial charge < -0.3 is 37.6 Å². The van der Waals surface area contributed by atoms with Crippen LogP contribution in [-0.2, 0) is 28.8 Å². The third kappa shape index (κ3) is 10.9. The Morgan fingerprint density at radius 1 is 0.875 bits per heavy atom. The Morgan fingerprint density at radius 3 is 1.88 bits per heavy atom. The van der Waals surface area contributed by atoms with Crippen molar-refractivity contribution in [3.05, 3.63) is 0 Å². The predicted molar refractivity (Wildman–Crippen MR) is 115 cm³/mol. The number of primary amides is 1. The zero-order valence-electron chi connectivity index (χ0n) is 18.1. The van der Waals surface area contributed by atoms with E-state index in [2.05, 4.69) is 16.0 Å². The van der Waals surface area contributed by atoms with E-state index in [4.69, 9.17) is 21.7 Å². The number of carboxylic acid groups (broad SMARTS) is 2. The molecule has 0 aliphatic rings. The molecule has 0 aliphatic heterocycles. The summed E-state index contributed by atoms with van der Waals surface area (Å²) in [4.78, 5) is 70.6. The summed E-state index contributed by atoms with van der Waals surface area (Å²) in [6, 6.07) is -5.23. The van der Waals surface area contributed by atoms with Crippen molar-refractivity contribution in [2.75, 3.05) is 12.0 Å². The quantitative estimate of drug-likeness (QED) is 0.132. The van der Waals surface area contributed by atoms with Crippen LogP contribution in [0.4, 0.5) is 0 Å². The summed E-state index contributed by atoms with van der Waals surface area (Å²) in [5.41, 5.74) is 10.5. The zero-order chi connectivity index (χ0) is 25.0. The Balaban J connectivity index is 5.40. The van der Waals surface area contributed by atoms with Crippen LogP contribution in [0.15, 0.2) is 0 Å². The molecule has 0 spiro atoms. The molecule has 0 saturated heterocycles. The Kier molecular flexibility index (Phi) is 13.0. The van der Waals surface area contributed by atoms with Crippen molar-refractivity contribution in [2.24, 2.45) is 17.4 Å². The summed E-state index contributed by atoms with van der Waals surface area (Å²) in [6.45, 7) is 3.21. The fourth-order valence-corrected chi connectivity index (χ4v) is 2.99. The van der Waals surface area contributed by atoms with Crippen molar-refractivity contribution < 1.29 is 39.0 Å². The molecule has 4 unspecified atom stereocenters. The summed E-state index contributed by atoms with van der Waals surface area (Å²) in [7, 11) is 0. The van der Waals surface area contributed by atoms with E-state index in [1.165, 1.54) is 11.8 Å². The van der Waals surface area contributed by atoms with Crippen LogP contribution in [-0.4, -0.2) is 82.0 Å². The first kappa shape index (κ1) is 29.1. The molecule has 9 N–H and O–H groups in total. The Hall–Kier alpha value is -2.87. The molecular formula is C18H31N5O8S. The third-order valence-corrected chi connectivity index (χ3v) is 4.89. The van der Waals surface area contributed by atoms with Gasteiger partial charge in [-0.2, -0.15) is 11.8 Å². The van der Waals surface area contributed by atoms with Crippen LogP contribution in [0.2, 0.25) is 0 Å². The number of carbonyl (C=O) groups is 6. The van der Waals surface area contributed by atoms with Crippen LogP contribution in [0.5, 0.6) is 0 Å². The van der Waals surface area contributed by atoms with Gasteiger partial charge in [0, 0.05) is 0 Å². The molecule has 0 radical (unpaired) electrons. The Labute approximate surface area is 189 Å². The first-order chi connectivity index (χ1) is 14.8. The van der Waals surface area contributed by atoms with Gasteiger partial charge in [0.25, 0.3) is 0 Å². The van der Waals surface area contributed by atoms with Crippen LogP contribution >= 0.6 is 11.8 Å². The van der Waals surface area contributed by atoms with Gasteiger partial charge in [0.2, 0.25) is 23.6 Å². The van der Waals surface area contributed by atoms with Gasteiger partial charge in [0.1, 0.15) is 18.1 Å². The van der Waals surface area contributed by atoms with Crippen LogP contribution in [0.1, 0.15) is 33.1 Å². The second kappa shape index (κ2) is 14.2. The number of carbonyl (C=O) groups excluding carboxylic acids is 4. The minimum atomic E-state index is -1.57. The number of carboxylic acids is 2. The maximum Gasteiger partial charge on any atom is 0.326 e. The number of hydrogen-bond acceptors (Lipinski definition) is 8. The fourth-order valence-electron chi connectivity index (χ4n) is 2.52. The lowest BCUT2D eigenvalue weighted by Crippen LogP contribution is -2.58. The monoisotopic (exact) mass is 477 g/mol. The molecule has 4 atom stereocenters. The fraction of sp³-hybridized carbons (Fsp3) is 0.667. The molecule has 14 heteroatoms. The van der Waals surface area contributed by atoms with Crippen LogP contribution in [0.25, 0.3) is 0 Å². The third-order valence-electron chi connectivity index (χ3n) is 4.24. The zero-order valence-corrected chi connectivity index (χ0v) is 18.9. The van der Waals surface area contributed by atoms with Crippen LogP contribution < -0.4 is 27.4 Å². The van der Waals surface area contributed by atoms with Gasteiger partial charge in [-0.3, -0.25) is 24.0 Å². The summed E-state index contributed by atoms with van der Waals surface area (Å²) in [6.07, 6.45) is 0.691. The second-order valence-electron chi connectivity index (χ2n) is 7.35. The molecule has 0 heterocycles. The van der Waals surface area contributed by atoms with E-state index in [1.54, 1.807) is 20.1 Å². The summed E-state index contributed by atoms with van der Waals surface area (Å²) >= 11 is 1.40. The molecular weight excluding hydrogens is 446 g/mol. The average molecular weight is 478 g/mol. The number of thioether (sulfide) groups is 1. The molecule has 0 bridgehead atoms. The number of rotatable bonds is 15. The minimum Gasteiger partial charge on any atom is -0.481 e. The topological polar surface area (TPSA) is 231 Å². The largest absolute Gasteiger partial charge is 0.481 e. The second-order valence-corrected chi connectivity index (χ2v) is 8.33. The highest BCUT2D eigenvalue weighted by Crippen LogP contribution is 2.07. The molecule has 182 valence electrons. The molecule has 0 aliphatic carbocycles. The van der Waals surface area contributed by atoms with Gasteiger partial charge in [-0.1, -0.05) is 13.8 Å². The van der Waals surface area contributed by atoms with Crippen molar-refractivity contribution in [1.82, 2.24) is 16.0 Å². The lowest BCUT2D eigenvalue weighted by Gasteiger charge is -2.26. The maximum atomic E-state index is 12.8. The van der Waals surface area contributed by atoms with E-state index in [0.717, 1.165) is 0 Å². The van der Waals surface area contributed by atoms with Crippen molar-refractivity contribution in [1.29, 1.82) is 0 Å². The Bertz CT molecular complexity index is 717. The molecule has 32 heavy (non-hydrogen) atoms. The number of nitrogens with two attached hydrogens (primary N) is 2. The van der Waals surface area contributed by atoms with E-state index in [-0.39, 0.29) is 6.42 Å². The summed E-state index contributed by atoms with van der Waals surface area (Å²) in [5.74, 6) is -6.11. The molecule has 0 aromatic heterocycles. The number of aliphatic carboxylic acids is 2. The van der Waals surface area contributed by atoms with Gasteiger partial charge in [0.15, 0.2) is 0 Å². The van der Waals surface area contributed by atoms with Crippen molar-refractivity contribution in [2.45, 2.75) is 57.3 Å². The van der Waals surface area contributed by atoms with Crippen molar-refractivity contribution >= 4 is 47.3 Å². The summed E-state index contributed by atoms with van der Waals surface area (Å²) in [5, 5.41) is 24.9. The van der Waals surface area contributed by atoms with E-state index >= 15 is 0 Å². The standard InChI is InChI=1S/C18H31N5O8S/c1-8(2)14(17(29)22-11(18(30)31)7-12(20)24)23-16(28)10(4-5-32-3)21-15(27)9(19)6-13(25)26/h8-11,14H,4-7,19H2,1-3H3,(H2,20,24)(H,21,27)(H,22,29)(H,23,28)(H,25,26)(H,30,31). The first-order valence-electron chi connectivity index (χ1n) is 9.68. The maximum absolute atomic E-state index is 12.8. The van der Waals surface area contributed by atoms with E-state index in [1.807, 2.05) is 0 Å². The summed E-state index contributed by atoms with van der Waals surface area (Å²) < 4.78 is 0. The van der Waals surface area contributed by atoms with Crippen LogP contribution in [0.3, 0.4) is 0 Å². The highest BCUT2D eigenvalue weighted by atomic mass is 32.2. The minimum absolute atomic E-state index is 0.171. The Morgan fingerprint density at radius 2 is 1.44 bits per heavy atom. The lowest BCUT2D eigenvalue weighted by molar-refractivity contribution is -0.144. The average Bonchev–Trinajstić information content (AvgIpc) is 2.66. The van der Waals surface area contributed by atoms with Gasteiger partial charge in [-0.25, -0.2) is 4.79 Å². The van der Waals surface area contributed by atoms with Crippen molar-refractivity contribution in [3.8, 4) is 0 Å². The van der Waals surface area contributed by atoms with Crippen LogP contribution in [0, 0.1) is 5.92 Å². The number of nitrogens with one attached hydrogen (secondary N) is 3. The predicted octanol–water partition coefficient (Wildman–Crippen LogP) is -2.39. The normalized spacial score (nSPS) is 14.5. The highest BCUT2D eigenvalue weighted by Gasteiger charge is 2.32. The smallest absolute Gasteiger partial charge is 0.326 e. The van der Waals surface area contributed by atoms with E-state index in [0.29, 0.717) is 5.75 Å².